The van der Waals surface area contributed by atoms with Crippen molar-refractivity contribution in [3.8, 4) is 0 Å². The van der Waals surface area contributed by atoms with E-state index in [-0.39, 0.29) is 33.3 Å². The lowest BCUT2D eigenvalue weighted by molar-refractivity contribution is 0.0323. The van der Waals surface area contributed by atoms with Crippen molar-refractivity contribution in [2.45, 2.75) is 121 Å². The van der Waals surface area contributed by atoms with E-state index in [1.165, 1.54) is 73.2 Å². The molecule has 0 aromatic heterocycles. The summed E-state index contributed by atoms with van der Waals surface area (Å²) < 4.78 is 49.4. The standard InChI is InChI=1S/C31H41FN2O2S.C30H39FN2OS/c1-23-20-31(22-36-18-6-17-35-5)21-34(37-28-13-7-24(8-14-28)30(2,3)4)16-15-25(31)19-29(23)33-27-11-9-26(32)10-12-27;1-6-22-19-30(21-34-7-2)20-33(35-27-14-8-23(9-15-27)29(3,4)5)17-16-24(30)18-28(22)32-26-12-10-25(31)11-13-26/h7-14,19,33H,6,15-18,20-22H2,1-5H3;8-15,18,32H,6-7,16-17,19-21H2,1-5H3. The molecule has 0 spiro atoms. The Morgan fingerprint density at radius 3 is 1.51 bits per heavy atom. The highest BCUT2D eigenvalue weighted by molar-refractivity contribution is 7.97. The minimum atomic E-state index is -0.221. The van der Waals surface area contributed by atoms with E-state index in [9.17, 15) is 8.78 Å². The topological polar surface area (TPSA) is 58.2 Å². The Kier molecular flexibility index (Phi) is 19.2. The number of methoxy groups -OCH3 is 1. The smallest absolute Gasteiger partial charge is 0.123 e. The zero-order valence-electron chi connectivity index (χ0n) is 44.7. The van der Waals surface area contributed by atoms with Gasteiger partial charge in [0.15, 0.2) is 0 Å². The molecule has 2 atom stereocenters. The molecule has 0 amide bonds. The van der Waals surface area contributed by atoms with Gasteiger partial charge in [-0.25, -0.2) is 17.4 Å². The Balaban J connectivity index is 0.000000212. The third-order valence-corrected chi connectivity index (χ3v) is 16.5. The van der Waals surface area contributed by atoms with Gasteiger partial charge >= 0.3 is 0 Å². The predicted octanol–water partition coefficient (Wildman–Crippen LogP) is 15.6. The summed E-state index contributed by atoms with van der Waals surface area (Å²) in [6.07, 6.45) is 10.5. The molecule has 7 nitrogen and oxygen atoms in total. The van der Waals surface area contributed by atoms with Crippen molar-refractivity contribution in [1.29, 1.82) is 0 Å². The van der Waals surface area contributed by atoms with Crippen LogP contribution in [-0.2, 0) is 25.0 Å². The fourth-order valence-electron chi connectivity index (χ4n) is 10.2. The number of anilines is 2. The molecule has 2 unspecified atom stereocenters. The molecule has 4 aromatic rings. The zero-order valence-corrected chi connectivity index (χ0v) is 46.3. The number of hydrogen-bond acceptors (Lipinski definition) is 9. The number of allylic oxidation sites excluding steroid dienone is 4. The number of piperidine rings is 2. The predicted molar refractivity (Wildman–Crippen MR) is 299 cm³/mol. The third-order valence-electron chi connectivity index (χ3n) is 14.4. The van der Waals surface area contributed by atoms with Gasteiger partial charge in [0.25, 0.3) is 0 Å². The van der Waals surface area contributed by atoms with Crippen LogP contribution >= 0.6 is 23.9 Å². The normalized spacial score (nSPS) is 20.8. The van der Waals surface area contributed by atoms with Gasteiger partial charge in [0.1, 0.15) is 11.6 Å². The molecule has 4 aromatic carbocycles. The summed E-state index contributed by atoms with van der Waals surface area (Å²) in [7, 11) is 1.73. The summed E-state index contributed by atoms with van der Waals surface area (Å²) in [5, 5.41) is 7.08. The number of halogens is 2. The molecule has 2 fully saturated rings. The van der Waals surface area contributed by atoms with Crippen LogP contribution < -0.4 is 10.6 Å². The first kappa shape index (κ1) is 55.5. The van der Waals surface area contributed by atoms with Gasteiger partial charge in [-0.05, 0) is 194 Å². The van der Waals surface area contributed by atoms with Crippen molar-refractivity contribution < 1.29 is 23.0 Å². The molecular weight excluding hydrogens is 939 g/mol. The monoisotopic (exact) mass is 1020 g/mol. The first-order valence-corrected chi connectivity index (χ1v) is 27.6. The summed E-state index contributed by atoms with van der Waals surface area (Å²) in [6.45, 7) is 27.5. The second kappa shape index (κ2) is 24.9. The lowest BCUT2D eigenvalue weighted by atomic mass is 9.68. The first-order valence-electron chi connectivity index (χ1n) is 26.0. The van der Waals surface area contributed by atoms with Crippen molar-refractivity contribution in [2.24, 2.45) is 10.8 Å². The molecule has 2 aliphatic heterocycles. The molecule has 0 radical (unpaired) electrons. The van der Waals surface area contributed by atoms with Gasteiger partial charge < -0.3 is 24.8 Å². The van der Waals surface area contributed by atoms with Gasteiger partial charge in [0, 0.05) is 96.5 Å². The van der Waals surface area contributed by atoms with Crippen LogP contribution in [0.25, 0.3) is 0 Å². The number of hydrogen-bond donors (Lipinski definition) is 2. The highest BCUT2D eigenvalue weighted by Gasteiger charge is 2.44. The van der Waals surface area contributed by atoms with Gasteiger partial charge in [-0.2, -0.15) is 0 Å². The van der Waals surface area contributed by atoms with Crippen molar-refractivity contribution in [3.63, 3.8) is 0 Å². The maximum atomic E-state index is 13.4. The van der Waals surface area contributed by atoms with Gasteiger partial charge in [0.05, 0.1) is 13.2 Å². The van der Waals surface area contributed by atoms with Crippen LogP contribution in [0.3, 0.4) is 0 Å². The number of fused-ring (bicyclic) bond motifs is 2. The number of nitrogens with one attached hydrogen (secondary N) is 2. The molecule has 8 rings (SSSR count). The average Bonchev–Trinajstić information content (AvgIpc) is 3.35. The second-order valence-electron chi connectivity index (χ2n) is 22.1. The lowest BCUT2D eigenvalue weighted by Crippen LogP contribution is -2.46. The van der Waals surface area contributed by atoms with Crippen LogP contribution in [0.5, 0.6) is 0 Å². The molecule has 72 heavy (non-hydrogen) atoms. The number of benzene rings is 4. The molecule has 4 aliphatic rings. The minimum absolute atomic E-state index is 0.00801. The van der Waals surface area contributed by atoms with Gasteiger partial charge in [-0.15, -0.1) is 0 Å². The second-order valence-corrected chi connectivity index (χ2v) is 24.4. The molecule has 2 saturated heterocycles. The Morgan fingerprint density at radius 1 is 0.597 bits per heavy atom. The van der Waals surface area contributed by atoms with Crippen molar-refractivity contribution >= 4 is 35.3 Å². The molecule has 2 heterocycles. The fraction of sp³-hybridized carbons (Fsp3) is 0.475. The highest BCUT2D eigenvalue weighted by atomic mass is 32.2. The Labute approximate surface area is 439 Å². The summed E-state index contributed by atoms with van der Waals surface area (Å²) in [5.41, 5.74) is 12.7. The van der Waals surface area contributed by atoms with Gasteiger partial charge in [-0.1, -0.05) is 83.9 Å². The average molecular weight is 1020 g/mol. The van der Waals surface area contributed by atoms with E-state index in [1.807, 2.05) is 23.9 Å². The zero-order chi connectivity index (χ0) is 51.5. The molecule has 388 valence electrons. The largest absolute Gasteiger partial charge is 0.385 e. The minimum Gasteiger partial charge on any atom is -0.385 e. The summed E-state index contributed by atoms with van der Waals surface area (Å²) in [5.74, 6) is -0.434. The molecular formula is C61H80F2N4O3S2. The van der Waals surface area contributed by atoms with Crippen LogP contribution in [0.4, 0.5) is 20.2 Å². The Bertz CT molecular complexity index is 2530. The van der Waals surface area contributed by atoms with E-state index in [0.29, 0.717) is 19.8 Å². The number of nitrogens with zero attached hydrogens (tertiary/aromatic N) is 2. The van der Waals surface area contributed by atoms with Gasteiger partial charge in [-0.3, -0.25) is 0 Å². The van der Waals surface area contributed by atoms with Crippen molar-refractivity contribution in [3.05, 3.63) is 166 Å². The maximum Gasteiger partial charge on any atom is 0.123 e. The SMILES string of the molecule is CCOCC12CC(CC)=C(Nc3ccc(F)cc3)C=C1CCN(Sc1ccc(C(C)(C)C)cc1)C2.COCCCOCC12CC(C)=C(Nc3ccc(F)cc3)C=C1CCN(Sc1ccc(C(C)(C)C)cc1)C2. The van der Waals surface area contributed by atoms with Crippen LogP contribution in [-0.4, -0.2) is 74.9 Å². The van der Waals surface area contributed by atoms with Crippen LogP contribution in [0.15, 0.2) is 153 Å². The highest BCUT2D eigenvalue weighted by Crippen LogP contribution is 2.49. The quantitative estimate of drug-likeness (QED) is 0.0750. The molecule has 11 heteroatoms. The van der Waals surface area contributed by atoms with Crippen LogP contribution in [0, 0.1) is 22.5 Å². The van der Waals surface area contributed by atoms with E-state index < -0.39 is 0 Å². The van der Waals surface area contributed by atoms with E-state index >= 15 is 0 Å². The van der Waals surface area contributed by atoms with Crippen molar-refractivity contribution in [1.82, 2.24) is 8.61 Å². The molecule has 0 bridgehead atoms. The molecule has 0 saturated carbocycles. The maximum absolute atomic E-state index is 13.4. The van der Waals surface area contributed by atoms with Crippen molar-refractivity contribution in [2.75, 3.05) is 77.0 Å². The summed E-state index contributed by atoms with van der Waals surface area (Å²) in [6, 6.07) is 31.3. The summed E-state index contributed by atoms with van der Waals surface area (Å²) in [4.78, 5) is 2.57. The van der Waals surface area contributed by atoms with E-state index in [2.05, 4.69) is 142 Å². The third kappa shape index (κ3) is 14.8. The van der Waals surface area contributed by atoms with E-state index in [4.69, 9.17) is 14.2 Å². The summed E-state index contributed by atoms with van der Waals surface area (Å²) >= 11 is 3.72. The Hall–Kier alpha value is -4.20. The first-order chi connectivity index (χ1) is 34.4. The Morgan fingerprint density at radius 2 is 1.06 bits per heavy atom. The number of ether oxygens (including phenoxy) is 3. The van der Waals surface area contributed by atoms with Crippen LogP contribution in [0.1, 0.15) is 112 Å². The van der Waals surface area contributed by atoms with E-state index in [1.54, 1.807) is 31.4 Å². The molecule has 2 aliphatic carbocycles. The van der Waals surface area contributed by atoms with Gasteiger partial charge in [0.2, 0.25) is 0 Å². The van der Waals surface area contributed by atoms with Crippen LogP contribution in [0.2, 0.25) is 0 Å². The molecule has 2 N–H and O–H groups in total. The lowest BCUT2D eigenvalue weighted by Gasteiger charge is -2.47. The number of rotatable bonds is 18. The van der Waals surface area contributed by atoms with E-state index in [0.717, 1.165) is 95.0 Å². The fourth-order valence-corrected chi connectivity index (χ4v) is 12.3.